The van der Waals surface area contributed by atoms with Crippen LogP contribution < -0.4 is 5.32 Å². The summed E-state index contributed by atoms with van der Waals surface area (Å²) in [5.74, 6) is -0.732. The molecule has 2 heterocycles. The van der Waals surface area contributed by atoms with E-state index in [0.717, 1.165) is 12.6 Å². The summed E-state index contributed by atoms with van der Waals surface area (Å²) in [6.45, 7) is 0.288. The van der Waals surface area contributed by atoms with Gasteiger partial charge in [-0.15, -0.1) is 0 Å². The summed E-state index contributed by atoms with van der Waals surface area (Å²) in [4.78, 5) is 12.4. The van der Waals surface area contributed by atoms with Gasteiger partial charge in [-0.3, -0.25) is 14.2 Å². The van der Waals surface area contributed by atoms with Crippen molar-refractivity contribution in [3.05, 3.63) is 60.3 Å². The first-order valence-electron chi connectivity index (χ1n) is 7.75. The molecular formula is C16H10Br2Cl2F3N5O. The van der Waals surface area contributed by atoms with Crippen molar-refractivity contribution in [1.82, 2.24) is 19.6 Å². The van der Waals surface area contributed by atoms with E-state index in [-0.39, 0.29) is 12.4 Å². The Balaban J connectivity index is 1.82. The van der Waals surface area contributed by atoms with Crippen LogP contribution in [0.4, 0.5) is 19.0 Å². The van der Waals surface area contributed by atoms with Gasteiger partial charge in [0.15, 0.2) is 17.2 Å². The average molecular weight is 576 g/mol. The lowest BCUT2D eigenvalue weighted by atomic mass is 10.2. The van der Waals surface area contributed by atoms with Crippen LogP contribution in [0.1, 0.15) is 21.7 Å². The van der Waals surface area contributed by atoms with E-state index < -0.39 is 27.9 Å². The monoisotopic (exact) mass is 573 g/mol. The van der Waals surface area contributed by atoms with Gasteiger partial charge >= 0.3 is 6.18 Å². The SMILES string of the molecule is Cn1nc(C(=O)Nc2nn(Cc3ccc(Cl)cc3Cl)cc2Br)c(Br)c1C(F)(F)F. The minimum atomic E-state index is -4.67. The van der Waals surface area contributed by atoms with Crippen molar-refractivity contribution in [3.8, 4) is 0 Å². The van der Waals surface area contributed by atoms with Gasteiger partial charge in [-0.2, -0.15) is 23.4 Å². The quantitative estimate of drug-likeness (QED) is 0.430. The fourth-order valence-electron chi connectivity index (χ4n) is 2.51. The largest absolute Gasteiger partial charge is 0.434 e. The highest BCUT2D eigenvalue weighted by molar-refractivity contribution is 9.11. The molecule has 3 aromatic rings. The van der Waals surface area contributed by atoms with Gasteiger partial charge in [-0.25, -0.2) is 0 Å². The van der Waals surface area contributed by atoms with Gasteiger partial charge in [-0.05, 0) is 49.6 Å². The third kappa shape index (κ3) is 4.79. The molecule has 0 bridgehead atoms. The first-order chi connectivity index (χ1) is 13.5. The maximum Gasteiger partial charge on any atom is 0.434 e. The Bertz CT molecular complexity index is 1100. The number of benzene rings is 1. The maximum absolute atomic E-state index is 13.1. The number of nitrogens with zero attached hydrogens (tertiary/aromatic N) is 4. The van der Waals surface area contributed by atoms with Crippen LogP contribution in [-0.2, 0) is 19.8 Å². The van der Waals surface area contributed by atoms with Crippen LogP contribution in [0.2, 0.25) is 10.0 Å². The summed E-state index contributed by atoms with van der Waals surface area (Å²) < 4.78 is 41.3. The topological polar surface area (TPSA) is 64.7 Å². The van der Waals surface area contributed by atoms with Crippen LogP contribution >= 0.6 is 55.1 Å². The zero-order valence-electron chi connectivity index (χ0n) is 14.4. The van der Waals surface area contributed by atoms with Crippen molar-refractivity contribution in [3.63, 3.8) is 0 Å². The van der Waals surface area contributed by atoms with Crippen LogP contribution in [0, 0.1) is 0 Å². The van der Waals surface area contributed by atoms with Crippen LogP contribution in [0.5, 0.6) is 0 Å². The molecule has 0 saturated carbocycles. The van der Waals surface area contributed by atoms with Gasteiger partial charge in [0.2, 0.25) is 0 Å². The minimum Gasteiger partial charge on any atom is -0.303 e. The zero-order valence-corrected chi connectivity index (χ0v) is 19.0. The molecule has 0 spiro atoms. The highest BCUT2D eigenvalue weighted by Gasteiger charge is 2.39. The molecule has 13 heteroatoms. The number of halogens is 7. The maximum atomic E-state index is 13.1. The Labute approximate surface area is 189 Å². The summed E-state index contributed by atoms with van der Waals surface area (Å²) in [5, 5.41) is 11.3. The molecule has 0 atom stereocenters. The highest BCUT2D eigenvalue weighted by atomic mass is 79.9. The number of rotatable bonds is 4. The number of aryl methyl sites for hydroxylation is 1. The highest BCUT2D eigenvalue weighted by Crippen LogP contribution is 2.36. The normalized spacial score (nSPS) is 11.7. The van der Waals surface area contributed by atoms with Crippen molar-refractivity contribution in [2.75, 3.05) is 5.32 Å². The first-order valence-corrected chi connectivity index (χ1v) is 10.1. The van der Waals surface area contributed by atoms with E-state index in [2.05, 4.69) is 47.4 Å². The Kier molecular flexibility index (Phi) is 6.32. The van der Waals surface area contributed by atoms with Crippen LogP contribution in [0.15, 0.2) is 33.3 Å². The van der Waals surface area contributed by atoms with E-state index in [1.54, 1.807) is 24.4 Å². The summed E-state index contributed by atoms with van der Waals surface area (Å²) in [6.07, 6.45) is -3.08. The molecule has 1 amide bonds. The Hall–Kier alpha value is -1.56. The van der Waals surface area contributed by atoms with Gasteiger partial charge in [0, 0.05) is 23.3 Å². The number of aromatic nitrogens is 4. The van der Waals surface area contributed by atoms with Crippen molar-refractivity contribution in [2.45, 2.75) is 12.7 Å². The number of anilines is 1. The number of carbonyl (C=O) groups excluding carboxylic acids is 1. The zero-order chi connectivity index (χ0) is 21.5. The molecule has 0 aliphatic heterocycles. The molecule has 154 valence electrons. The number of alkyl halides is 3. The van der Waals surface area contributed by atoms with E-state index in [1.807, 2.05) is 0 Å². The van der Waals surface area contributed by atoms with E-state index >= 15 is 0 Å². The Morgan fingerprint density at radius 1 is 1.24 bits per heavy atom. The molecule has 0 unspecified atom stereocenters. The number of carbonyl (C=O) groups is 1. The summed E-state index contributed by atoms with van der Waals surface area (Å²) in [7, 11) is 1.10. The second kappa shape index (κ2) is 8.29. The first kappa shape index (κ1) is 22.1. The molecule has 0 saturated heterocycles. The van der Waals surface area contributed by atoms with E-state index in [4.69, 9.17) is 23.2 Å². The van der Waals surface area contributed by atoms with Crippen LogP contribution in [0.3, 0.4) is 0 Å². The molecule has 0 fully saturated rings. The van der Waals surface area contributed by atoms with Gasteiger partial charge in [0.25, 0.3) is 5.91 Å². The summed E-state index contributed by atoms with van der Waals surface area (Å²) in [5.41, 5.74) is -0.738. The molecule has 0 radical (unpaired) electrons. The van der Waals surface area contributed by atoms with Gasteiger partial charge in [-0.1, -0.05) is 29.3 Å². The molecule has 3 rings (SSSR count). The smallest absolute Gasteiger partial charge is 0.303 e. The fraction of sp³-hybridized carbons (Fsp3) is 0.188. The number of hydrogen-bond acceptors (Lipinski definition) is 3. The molecule has 2 aromatic heterocycles. The van der Waals surface area contributed by atoms with Crippen LogP contribution in [-0.4, -0.2) is 25.5 Å². The Morgan fingerprint density at radius 2 is 1.93 bits per heavy atom. The lowest BCUT2D eigenvalue weighted by molar-refractivity contribution is -0.144. The van der Waals surface area contributed by atoms with E-state index in [0.29, 0.717) is 19.2 Å². The molecule has 1 N–H and O–H groups in total. The summed E-state index contributed by atoms with van der Waals surface area (Å²) >= 11 is 18.1. The van der Waals surface area contributed by atoms with Gasteiger partial charge in [0.05, 0.1) is 15.5 Å². The lowest BCUT2D eigenvalue weighted by Gasteiger charge is -2.06. The molecule has 6 nitrogen and oxygen atoms in total. The second-order valence-electron chi connectivity index (χ2n) is 5.85. The van der Waals surface area contributed by atoms with Crippen molar-refractivity contribution in [1.29, 1.82) is 0 Å². The van der Waals surface area contributed by atoms with Gasteiger partial charge in [0.1, 0.15) is 0 Å². The van der Waals surface area contributed by atoms with E-state index in [9.17, 15) is 18.0 Å². The predicted octanol–water partition coefficient (Wildman–Crippen LogP) is 5.77. The number of hydrogen-bond donors (Lipinski definition) is 1. The standard InChI is InChI=1S/C16H10Br2Cl2F3N5O/c1-27-13(16(21,22)23)11(18)12(25-27)15(29)24-14-9(17)6-28(26-14)5-7-2-3-8(19)4-10(7)20/h2-4,6H,5H2,1H3,(H,24,26,29). The van der Waals surface area contributed by atoms with E-state index in [1.165, 1.54) is 4.68 Å². The third-order valence-corrected chi connectivity index (χ3v) is 5.69. The van der Waals surface area contributed by atoms with Crippen molar-refractivity contribution >= 4 is 66.8 Å². The van der Waals surface area contributed by atoms with Crippen LogP contribution in [0.25, 0.3) is 0 Å². The fourth-order valence-corrected chi connectivity index (χ4v) is 4.13. The molecular weight excluding hydrogens is 566 g/mol. The molecule has 0 aliphatic carbocycles. The number of nitrogens with one attached hydrogen (secondary N) is 1. The summed E-state index contributed by atoms with van der Waals surface area (Å²) in [6, 6.07) is 5.01. The Morgan fingerprint density at radius 3 is 2.52 bits per heavy atom. The predicted molar refractivity (Wildman–Crippen MR) is 109 cm³/mol. The lowest BCUT2D eigenvalue weighted by Crippen LogP contribution is -2.14. The third-order valence-electron chi connectivity index (χ3n) is 3.77. The second-order valence-corrected chi connectivity index (χ2v) is 8.34. The van der Waals surface area contributed by atoms with Crippen molar-refractivity contribution in [2.24, 2.45) is 7.05 Å². The van der Waals surface area contributed by atoms with Gasteiger partial charge < -0.3 is 5.32 Å². The molecule has 29 heavy (non-hydrogen) atoms. The molecule has 1 aromatic carbocycles. The molecule has 0 aliphatic rings. The van der Waals surface area contributed by atoms with Crippen molar-refractivity contribution < 1.29 is 18.0 Å². The minimum absolute atomic E-state index is 0.117. The average Bonchev–Trinajstić information content (AvgIpc) is 3.08. The number of amides is 1.